The number of hydrogen-bond donors (Lipinski definition) is 2. The molecule has 1 aromatic carbocycles. The second kappa shape index (κ2) is 5.13. The first-order chi connectivity index (χ1) is 9.69. The lowest BCUT2D eigenvalue weighted by Gasteiger charge is -2.29. The molecule has 0 unspecified atom stereocenters. The minimum atomic E-state index is -0.354. The highest BCUT2D eigenvalue weighted by Gasteiger charge is 2.20. The van der Waals surface area contributed by atoms with E-state index in [2.05, 4.69) is 16.6 Å². The minimum absolute atomic E-state index is 0.0887. The van der Waals surface area contributed by atoms with Crippen molar-refractivity contribution in [1.82, 2.24) is 0 Å². The van der Waals surface area contributed by atoms with Gasteiger partial charge in [0.25, 0.3) is 0 Å². The second-order valence-electron chi connectivity index (χ2n) is 4.69. The van der Waals surface area contributed by atoms with Crippen LogP contribution in [0.15, 0.2) is 34.8 Å². The number of nitrogens with zero attached hydrogens (tertiary/aromatic N) is 2. The fraction of sp³-hybridized carbons (Fsp3) is 0.214. The Morgan fingerprint density at radius 1 is 1.40 bits per heavy atom. The first-order valence-corrected chi connectivity index (χ1v) is 7.14. The third kappa shape index (κ3) is 2.22. The van der Waals surface area contributed by atoms with Gasteiger partial charge in [-0.1, -0.05) is 5.16 Å². The zero-order valence-corrected chi connectivity index (χ0v) is 11.5. The molecular formula is C14H14FN3OS. The lowest BCUT2D eigenvalue weighted by atomic mass is 10.1. The molecule has 1 aromatic heterocycles. The Balaban J connectivity index is 1.89. The number of halogens is 1. The van der Waals surface area contributed by atoms with Crippen LogP contribution in [-0.2, 0) is 13.0 Å². The van der Waals surface area contributed by atoms with E-state index < -0.39 is 0 Å². The van der Waals surface area contributed by atoms with Crippen molar-refractivity contribution in [3.63, 3.8) is 0 Å². The minimum Gasteiger partial charge on any atom is -0.409 e. The Kier molecular flexibility index (Phi) is 3.31. The maximum absolute atomic E-state index is 14.2. The smallest absolute Gasteiger partial charge is 0.170 e. The third-order valence-electron chi connectivity index (χ3n) is 3.50. The van der Waals surface area contributed by atoms with E-state index in [1.807, 2.05) is 4.90 Å². The fourth-order valence-corrected chi connectivity index (χ4v) is 3.32. The van der Waals surface area contributed by atoms with Crippen molar-refractivity contribution in [2.75, 3.05) is 11.4 Å². The summed E-state index contributed by atoms with van der Waals surface area (Å²) in [4.78, 5) is 3.40. The SMILES string of the molecule is N/C(=N\O)c1ccc(N2CCc3sccc3C2)c(F)c1. The summed E-state index contributed by atoms with van der Waals surface area (Å²) in [5.74, 6) is -0.443. The predicted molar refractivity (Wildman–Crippen MR) is 78.0 cm³/mol. The molecule has 2 aromatic rings. The molecule has 1 aliphatic heterocycles. The van der Waals surface area contributed by atoms with Crippen LogP contribution in [0.25, 0.3) is 0 Å². The number of thiophene rings is 1. The van der Waals surface area contributed by atoms with E-state index >= 15 is 0 Å². The standard InChI is InChI=1S/C14H14FN3OS/c15-11-7-9(14(16)17-19)1-2-12(11)18-5-3-13-10(8-18)4-6-20-13/h1-2,4,6-7,19H,3,5,8H2,(H2,16,17). The van der Waals surface area contributed by atoms with Gasteiger partial charge in [-0.05, 0) is 41.6 Å². The molecule has 0 radical (unpaired) electrons. The monoisotopic (exact) mass is 291 g/mol. The van der Waals surface area contributed by atoms with Gasteiger partial charge in [0.05, 0.1) is 5.69 Å². The van der Waals surface area contributed by atoms with Crippen LogP contribution in [0.4, 0.5) is 10.1 Å². The summed E-state index contributed by atoms with van der Waals surface area (Å²) in [5, 5.41) is 13.6. The van der Waals surface area contributed by atoms with Crippen LogP contribution >= 0.6 is 11.3 Å². The Morgan fingerprint density at radius 3 is 3.00 bits per heavy atom. The van der Waals surface area contributed by atoms with E-state index in [9.17, 15) is 4.39 Å². The molecule has 0 aliphatic carbocycles. The van der Waals surface area contributed by atoms with Gasteiger partial charge in [-0.3, -0.25) is 0 Å². The molecule has 20 heavy (non-hydrogen) atoms. The Labute approximate surface area is 119 Å². The topological polar surface area (TPSA) is 61.9 Å². The summed E-state index contributed by atoms with van der Waals surface area (Å²) in [7, 11) is 0. The van der Waals surface area contributed by atoms with Gasteiger partial charge in [-0.25, -0.2) is 4.39 Å². The highest BCUT2D eigenvalue weighted by molar-refractivity contribution is 7.10. The summed E-state index contributed by atoms with van der Waals surface area (Å²) < 4.78 is 14.2. The molecule has 2 heterocycles. The number of fused-ring (bicyclic) bond motifs is 1. The van der Waals surface area contributed by atoms with Crippen LogP contribution in [0.2, 0.25) is 0 Å². The maximum Gasteiger partial charge on any atom is 0.170 e. The summed E-state index contributed by atoms with van der Waals surface area (Å²) in [6.07, 6.45) is 0.939. The summed E-state index contributed by atoms with van der Waals surface area (Å²) in [5.41, 5.74) is 7.66. The Morgan fingerprint density at radius 2 is 2.25 bits per heavy atom. The average Bonchev–Trinajstić information content (AvgIpc) is 2.93. The van der Waals surface area contributed by atoms with E-state index in [1.165, 1.54) is 16.5 Å². The van der Waals surface area contributed by atoms with Crippen molar-refractivity contribution in [2.45, 2.75) is 13.0 Å². The lowest BCUT2D eigenvalue weighted by Crippen LogP contribution is -2.30. The van der Waals surface area contributed by atoms with Gasteiger partial charge < -0.3 is 15.8 Å². The molecule has 104 valence electrons. The number of hydrogen-bond acceptors (Lipinski definition) is 4. The highest BCUT2D eigenvalue weighted by atomic mass is 32.1. The number of benzene rings is 1. The van der Waals surface area contributed by atoms with Gasteiger partial charge in [-0.15, -0.1) is 11.3 Å². The highest BCUT2D eigenvalue weighted by Crippen LogP contribution is 2.29. The molecule has 0 spiro atoms. The van der Waals surface area contributed by atoms with E-state index in [-0.39, 0.29) is 11.7 Å². The number of nitrogens with two attached hydrogens (primary N) is 1. The van der Waals surface area contributed by atoms with Crippen LogP contribution in [0.3, 0.4) is 0 Å². The largest absolute Gasteiger partial charge is 0.409 e. The average molecular weight is 291 g/mol. The number of anilines is 1. The van der Waals surface area contributed by atoms with Gasteiger partial charge >= 0.3 is 0 Å². The van der Waals surface area contributed by atoms with Gasteiger partial charge in [0.15, 0.2) is 5.84 Å². The van der Waals surface area contributed by atoms with Crippen LogP contribution < -0.4 is 10.6 Å². The molecule has 3 N–H and O–H groups in total. The molecule has 0 saturated heterocycles. The van der Waals surface area contributed by atoms with Crippen LogP contribution in [0.5, 0.6) is 0 Å². The van der Waals surface area contributed by atoms with Crippen molar-refractivity contribution in [2.24, 2.45) is 10.9 Å². The van der Waals surface area contributed by atoms with Crippen LogP contribution in [0, 0.1) is 5.82 Å². The molecule has 0 fully saturated rings. The molecule has 0 bridgehead atoms. The summed E-state index contributed by atoms with van der Waals surface area (Å²) >= 11 is 1.76. The number of amidine groups is 1. The molecule has 0 atom stereocenters. The van der Waals surface area contributed by atoms with E-state index in [0.29, 0.717) is 11.3 Å². The van der Waals surface area contributed by atoms with Gasteiger partial charge in [0.2, 0.25) is 0 Å². The predicted octanol–water partition coefficient (Wildman–Crippen LogP) is 2.54. The van der Waals surface area contributed by atoms with Crippen LogP contribution in [-0.4, -0.2) is 17.6 Å². The lowest BCUT2D eigenvalue weighted by molar-refractivity contribution is 0.318. The van der Waals surface area contributed by atoms with Gasteiger partial charge in [-0.2, -0.15) is 0 Å². The van der Waals surface area contributed by atoms with Crippen molar-refractivity contribution in [3.05, 3.63) is 51.5 Å². The fourth-order valence-electron chi connectivity index (χ4n) is 2.43. The number of rotatable bonds is 2. The van der Waals surface area contributed by atoms with Crippen LogP contribution in [0.1, 0.15) is 16.0 Å². The van der Waals surface area contributed by atoms with Crippen molar-refractivity contribution < 1.29 is 9.60 Å². The maximum atomic E-state index is 14.2. The Hall–Kier alpha value is -2.08. The quantitative estimate of drug-likeness (QED) is 0.387. The Bertz CT molecular complexity index is 668. The second-order valence-corrected chi connectivity index (χ2v) is 5.69. The van der Waals surface area contributed by atoms with Crippen molar-refractivity contribution in [3.8, 4) is 0 Å². The summed E-state index contributed by atoms with van der Waals surface area (Å²) in [6, 6.07) is 6.74. The molecule has 6 heteroatoms. The van der Waals surface area contributed by atoms with E-state index in [4.69, 9.17) is 10.9 Å². The third-order valence-corrected chi connectivity index (χ3v) is 4.52. The molecule has 1 aliphatic rings. The van der Waals surface area contributed by atoms with Gasteiger partial charge in [0.1, 0.15) is 5.82 Å². The molecule has 4 nitrogen and oxygen atoms in total. The molecule has 3 rings (SSSR count). The van der Waals surface area contributed by atoms with E-state index in [0.717, 1.165) is 19.5 Å². The van der Waals surface area contributed by atoms with Crippen molar-refractivity contribution in [1.29, 1.82) is 0 Å². The van der Waals surface area contributed by atoms with Gasteiger partial charge in [0, 0.05) is 23.5 Å². The molecule has 0 amide bonds. The van der Waals surface area contributed by atoms with E-state index in [1.54, 1.807) is 23.5 Å². The molecular weight excluding hydrogens is 277 g/mol. The summed E-state index contributed by atoms with van der Waals surface area (Å²) in [6.45, 7) is 1.52. The number of oxime groups is 1. The molecule has 0 saturated carbocycles. The van der Waals surface area contributed by atoms with Crippen molar-refractivity contribution >= 4 is 22.9 Å². The first kappa shape index (κ1) is 12.9. The zero-order chi connectivity index (χ0) is 14.1. The first-order valence-electron chi connectivity index (χ1n) is 6.26. The normalized spacial score (nSPS) is 15.2. The zero-order valence-electron chi connectivity index (χ0n) is 10.7.